The summed E-state index contributed by atoms with van der Waals surface area (Å²) in [7, 11) is 0. The van der Waals surface area contributed by atoms with E-state index in [2.05, 4.69) is 20.6 Å². The van der Waals surface area contributed by atoms with Gasteiger partial charge in [-0.1, -0.05) is 11.3 Å². The molecule has 174 valence electrons. The summed E-state index contributed by atoms with van der Waals surface area (Å²) >= 11 is 0. The number of nitrogens with one attached hydrogen (secondary N) is 1. The molecule has 0 saturated carbocycles. The number of amides is 1. The molecule has 7 nitrogen and oxygen atoms in total. The van der Waals surface area contributed by atoms with E-state index in [0.717, 1.165) is 30.3 Å². The predicted octanol–water partition coefficient (Wildman–Crippen LogP) is 4.68. The van der Waals surface area contributed by atoms with Crippen LogP contribution < -0.4 is 10.1 Å². The van der Waals surface area contributed by atoms with Crippen LogP contribution in [0.2, 0.25) is 0 Å². The van der Waals surface area contributed by atoms with Crippen LogP contribution in [0.1, 0.15) is 21.7 Å². The molecule has 0 radical (unpaired) electrons. The van der Waals surface area contributed by atoms with Gasteiger partial charge in [-0.25, -0.2) is 13.5 Å². The summed E-state index contributed by atoms with van der Waals surface area (Å²) < 4.78 is 74.3. The lowest BCUT2D eigenvalue weighted by atomic mass is 10.2. The number of nitrogens with zero attached hydrogens (tertiary/aromatic N) is 4. The molecule has 0 bridgehead atoms. The molecule has 4 aromatic rings. The normalized spacial score (nSPS) is 11.3. The average Bonchev–Trinajstić information content (AvgIpc) is 3.26. The van der Waals surface area contributed by atoms with Crippen LogP contribution in [0.4, 0.5) is 22.0 Å². The molecule has 1 N–H and O–H groups in total. The minimum Gasteiger partial charge on any atom is -0.453 e. The van der Waals surface area contributed by atoms with E-state index >= 15 is 0 Å². The maximum absolute atomic E-state index is 14.4. The second-order valence-corrected chi connectivity index (χ2v) is 6.91. The van der Waals surface area contributed by atoms with E-state index in [0.29, 0.717) is 10.4 Å². The highest BCUT2D eigenvalue weighted by Crippen LogP contribution is 2.33. The number of carbonyl (C=O) groups is 1. The molecule has 0 aliphatic heterocycles. The third kappa shape index (κ3) is 5.00. The predicted molar refractivity (Wildman–Crippen MR) is 108 cm³/mol. The maximum atomic E-state index is 14.4. The van der Waals surface area contributed by atoms with Crippen molar-refractivity contribution in [1.82, 2.24) is 25.3 Å². The number of alkyl halides is 3. The molecular formula is C22H14F5N5O2. The summed E-state index contributed by atoms with van der Waals surface area (Å²) in [6, 6.07) is 11.1. The van der Waals surface area contributed by atoms with Crippen molar-refractivity contribution in [3.8, 4) is 17.2 Å². The smallest absolute Gasteiger partial charge is 0.435 e. The number of hydrogen-bond donors (Lipinski definition) is 1. The van der Waals surface area contributed by atoms with Crippen LogP contribution in [0.5, 0.6) is 11.5 Å². The lowest BCUT2D eigenvalue weighted by Gasteiger charge is -2.12. The Morgan fingerprint density at radius 3 is 2.47 bits per heavy atom. The van der Waals surface area contributed by atoms with E-state index in [1.807, 2.05) is 0 Å². The molecular weight excluding hydrogens is 461 g/mol. The van der Waals surface area contributed by atoms with Gasteiger partial charge in [-0.2, -0.15) is 13.2 Å². The molecule has 2 aromatic heterocycles. The van der Waals surface area contributed by atoms with Crippen molar-refractivity contribution in [2.24, 2.45) is 0 Å². The van der Waals surface area contributed by atoms with Gasteiger partial charge >= 0.3 is 6.18 Å². The van der Waals surface area contributed by atoms with Gasteiger partial charge in [0.05, 0.1) is 11.9 Å². The molecule has 0 spiro atoms. The Bertz CT molecular complexity index is 1310. The van der Waals surface area contributed by atoms with E-state index in [-0.39, 0.29) is 23.5 Å². The van der Waals surface area contributed by atoms with Crippen molar-refractivity contribution in [2.45, 2.75) is 12.7 Å². The molecule has 0 atom stereocenters. The zero-order chi connectivity index (χ0) is 24.3. The van der Waals surface area contributed by atoms with E-state index in [4.69, 9.17) is 4.74 Å². The number of pyridine rings is 1. The first-order chi connectivity index (χ1) is 16.2. The minimum atomic E-state index is -4.98. The number of aromatic nitrogens is 4. The highest BCUT2D eigenvalue weighted by molar-refractivity contribution is 5.93. The highest BCUT2D eigenvalue weighted by atomic mass is 19.4. The zero-order valence-corrected chi connectivity index (χ0v) is 17.1. The number of rotatable bonds is 6. The van der Waals surface area contributed by atoms with Gasteiger partial charge in [0.15, 0.2) is 23.0 Å². The molecule has 0 aliphatic rings. The van der Waals surface area contributed by atoms with Crippen molar-refractivity contribution in [3.63, 3.8) is 0 Å². The van der Waals surface area contributed by atoms with Crippen LogP contribution in [-0.2, 0) is 12.7 Å². The fourth-order valence-electron chi connectivity index (χ4n) is 2.99. The van der Waals surface area contributed by atoms with Crippen LogP contribution in [0.25, 0.3) is 5.69 Å². The number of carbonyl (C=O) groups excluding carboxylic acids is 1. The molecule has 0 fully saturated rings. The molecule has 34 heavy (non-hydrogen) atoms. The largest absolute Gasteiger partial charge is 0.453 e. The first kappa shape index (κ1) is 22.8. The Morgan fingerprint density at radius 1 is 1.06 bits per heavy atom. The summed E-state index contributed by atoms with van der Waals surface area (Å²) in [4.78, 5) is 16.3. The third-order valence-electron chi connectivity index (χ3n) is 4.54. The monoisotopic (exact) mass is 475 g/mol. The van der Waals surface area contributed by atoms with Crippen LogP contribution in [0, 0.1) is 11.6 Å². The summed E-state index contributed by atoms with van der Waals surface area (Å²) in [5, 5.41) is 9.03. The number of halogens is 5. The SMILES string of the molecule is O=C(NCc1ccc(Oc2cccnc2)c(F)c1)c1nnn(-c2ccc(F)cc2)c1C(F)(F)F. The van der Waals surface area contributed by atoms with Crippen molar-refractivity contribution in [3.05, 3.63) is 95.6 Å². The number of hydrogen-bond acceptors (Lipinski definition) is 5. The van der Waals surface area contributed by atoms with Crippen LogP contribution in [-0.4, -0.2) is 25.9 Å². The molecule has 0 aliphatic carbocycles. The van der Waals surface area contributed by atoms with Gasteiger partial charge in [0.2, 0.25) is 0 Å². The van der Waals surface area contributed by atoms with E-state index in [1.165, 1.54) is 24.5 Å². The van der Waals surface area contributed by atoms with Gasteiger partial charge in [0.25, 0.3) is 5.91 Å². The molecule has 1 amide bonds. The van der Waals surface area contributed by atoms with Crippen molar-refractivity contribution < 1.29 is 31.5 Å². The molecule has 2 aromatic carbocycles. The lowest BCUT2D eigenvalue weighted by Crippen LogP contribution is -2.27. The van der Waals surface area contributed by atoms with Gasteiger partial charge in [0, 0.05) is 12.7 Å². The molecule has 2 heterocycles. The summed E-state index contributed by atoms with van der Waals surface area (Å²) in [5.74, 6) is -2.35. The Balaban J connectivity index is 1.51. The Hall–Kier alpha value is -4.35. The summed E-state index contributed by atoms with van der Waals surface area (Å²) in [6.45, 7) is -0.288. The molecule has 4 rings (SSSR count). The average molecular weight is 475 g/mol. The van der Waals surface area contributed by atoms with Crippen LogP contribution >= 0.6 is 0 Å². The third-order valence-corrected chi connectivity index (χ3v) is 4.54. The van der Waals surface area contributed by atoms with E-state index < -0.39 is 35.1 Å². The van der Waals surface area contributed by atoms with Crippen molar-refractivity contribution in [1.29, 1.82) is 0 Å². The Labute approximate surface area is 188 Å². The van der Waals surface area contributed by atoms with Gasteiger partial charge < -0.3 is 10.1 Å². The van der Waals surface area contributed by atoms with Gasteiger partial charge in [-0.15, -0.1) is 5.10 Å². The second-order valence-electron chi connectivity index (χ2n) is 6.91. The lowest BCUT2D eigenvalue weighted by molar-refractivity contribution is -0.143. The fraction of sp³-hybridized carbons (Fsp3) is 0.0909. The van der Waals surface area contributed by atoms with Gasteiger partial charge in [0.1, 0.15) is 11.6 Å². The van der Waals surface area contributed by atoms with Crippen molar-refractivity contribution in [2.75, 3.05) is 0 Å². The molecule has 0 saturated heterocycles. The van der Waals surface area contributed by atoms with E-state index in [1.54, 1.807) is 12.1 Å². The first-order valence-corrected chi connectivity index (χ1v) is 9.66. The van der Waals surface area contributed by atoms with Crippen LogP contribution in [0.15, 0.2) is 67.0 Å². The fourth-order valence-corrected chi connectivity index (χ4v) is 2.99. The Morgan fingerprint density at radius 2 is 1.82 bits per heavy atom. The van der Waals surface area contributed by atoms with Crippen molar-refractivity contribution >= 4 is 5.91 Å². The van der Waals surface area contributed by atoms with Crippen LogP contribution in [0.3, 0.4) is 0 Å². The number of ether oxygens (including phenoxy) is 1. The summed E-state index contributed by atoms with van der Waals surface area (Å²) in [6.07, 6.45) is -2.07. The topological polar surface area (TPSA) is 81.9 Å². The highest BCUT2D eigenvalue weighted by Gasteiger charge is 2.42. The first-order valence-electron chi connectivity index (χ1n) is 9.66. The second kappa shape index (κ2) is 9.25. The minimum absolute atomic E-state index is 0.0929. The number of benzene rings is 2. The quantitative estimate of drug-likeness (QED) is 0.410. The van der Waals surface area contributed by atoms with Gasteiger partial charge in [-0.05, 0) is 54.1 Å². The standard InChI is InChI=1S/C22H14F5N5O2/c23-14-4-6-15(7-5-14)32-20(22(25,26)27)19(30-31-32)21(33)29-11-13-3-8-18(17(24)10-13)34-16-2-1-9-28-12-16/h1-10,12H,11H2,(H,29,33). The summed E-state index contributed by atoms with van der Waals surface area (Å²) in [5.41, 5.74) is -2.27. The maximum Gasteiger partial charge on any atom is 0.435 e. The molecule has 12 heteroatoms. The molecule has 0 unspecified atom stereocenters. The van der Waals surface area contributed by atoms with Gasteiger partial charge in [-0.3, -0.25) is 9.78 Å². The van der Waals surface area contributed by atoms with E-state index in [9.17, 15) is 26.7 Å². The zero-order valence-electron chi connectivity index (χ0n) is 17.1. The Kier molecular flexibility index (Phi) is 6.21.